The Morgan fingerprint density at radius 3 is 3.07 bits per heavy atom. The molecule has 0 aromatic rings. The van der Waals surface area contributed by atoms with Crippen LogP contribution in [-0.4, -0.2) is 29.3 Å². The van der Waals surface area contributed by atoms with Gasteiger partial charge in [-0.2, -0.15) is 0 Å². The molecule has 1 aliphatic heterocycles. The molecule has 0 N–H and O–H groups in total. The van der Waals surface area contributed by atoms with Gasteiger partial charge in [-0.3, -0.25) is 14.9 Å². The second-order valence-electron chi connectivity index (χ2n) is 3.90. The van der Waals surface area contributed by atoms with Crippen molar-refractivity contribution in [2.45, 2.75) is 12.8 Å². The van der Waals surface area contributed by atoms with E-state index in [0.29, 0.717) is 12.5 Å². The Labute approximate surface area is 87.2 Å². The molecule has 1 atom stereocenters. The molecule has 0 bridgehead atoms. The summed E-state index contributed by atoms with van der Waals surface area (Å²) in [6.45, 7) is 1.30. The van der Waals surface area contributed by atoms with Gasteiger partial charge in [0.25, 0.3) is 5.70 Å². The molecule has 2 aliphatic rings. The molecule has 1 aliphatic carbocycles. The van der Waals surface area contributed by atoms with E-state index in [0.717, 1.165) is 31.4 Å². The van der Waals surface area contributed by atoms with E-state index >= 15 is 0 Å². The van der Waals surface area contributed by atoms with Gasteiger partial charge in [0.2, 0.25) is 6.41 Å². The monoisotopic (exact) mass is 208 g/mol. The smallest absolute Gasteiger partial charge is 0.265 e. The lowest BCUT2D eigenvalue weighted by Crippen LogP contribution is -2.35. The average Bonchev–Trinajstić information content (AvgIpc) is 2.27. The third kappa shape index (κ3) is 1.91. The molecule has 0 saturated carbocycles. The van der Waals surface area contributed by atoms with Crippen LogP contribution in [0.1, 0.15) is 12.8 Å². The first kappa shape index (κ1) is 9.89. The highest BCUT2D eigenvalue weighted by atomic mass is 16.6. The minimum atomic E-state index is -0.372. The van der Waals surface area contributed by atoms with Gasteiger partial charge in [-0.1, -0.05) is 0 Å². The topological polar surface area (TPSA) is 63.5 Å². The largest absolute Gasteiger partial charge is 0.341 e. The maximum Gasteiger partial charge on any atom is 0.265 e. The van der Waals surface area contributed by atoms with Crippen molar-refractivity contribution in [2.24, 2.45) is 5.92 Å². The van der Waals surface area contributed by atoms with E-state index in [4.69, 9.17) is 0 Å². The summed E-state index contributed by atoms with van der Waals surface area (Å²) >= 11 is 0. The minimum absolute atomic E-state index is 0.161. The van der Waals surface area contributed by atoms with Gasteiger partial charge in [0.15, 0.2) is 0 Å². The predicted molar refractivity (Wildman–Crippen MR) is 53.5 cm³/mol. The minimum Gasteiger partial charge on any atom is -0.341 e. The summed E-state index contributed by atoms with van der Waals surface area (Å²) in [4.78, 5) is 22.5. The van der Waals surface area contributed by atoms with Crippen LogP contribution >= 0.6 is 0 Å². The molecule has 2 rings (SSSR count). The van der Waals surface area contributed by atoms with Crippen LogP contribution in [0.3, 0.4) is 0 Å². The molecule has 15 heavy (non-hydrogen) atoms. The van der Waals surface area contributed by atoms with Gasteiger partial charge in [-0.25, -0.2) is 0 Å². The van der Waals surface area contributed by atoms with Crippen LogP contribution in [-0.2, 0) is 4.79 Å². The molecule has 5 nitrogen and oxygen atoms in total. The predicted octanol–water partition coefficient (Wildman–Crippen LogP) is 0.955. The number of carbonyl (C=O) groups is 1. The second kappa shape index (κ2) is 3.84. The summed E-state index contributed by atoms with van der Waals surface area (Å²) in [6.07, 6.45) is 5.73. The third-order valence-corrected chi connectivity index (χ3v) is 2.98. The SMILES string of the molecule is O=CN1CCC2CC=C([N+](=O)[O-])C=C2C1. The van der Waals surface area contributed by atoms with Crippen LogP contribution in [0.4, 0.5) is 0 Å². The standard InChI is InChI=1S/C10H12N2O3/c13-7-11-4-3-8-1-2-10(12(14)15)5-9(8)6-11/h2,5,7-8H,1,3-4,6H2. The van der Waals surface area contributed by atoms with Crippen molar-refractivity contribution in [1.82, 2.24) is 4.90 Å². The average molecular weight is 208 g/mol. The van der Waals surface area contributed by atoms with Crippen LogP contribution in [0.25, 0.3) is 0 Å². The van der Waals surface area contributed by atoms with Crippen LogP contribution in [0, 0.1) is 16.0 Å². The molecule has 1 amide bonds. The van der Waals surface area contributed by atoms with Gasteiger partial charge >= 0.3 is 0 Å². The fourth-order valence-electron chi connectivity index (χ4n) is 2.11. The molecule has 1 unspecified atom stereocenters. The molecule has 0 aromatic heterocycles. The Balaban J connectivity index is 2.17. The van der Waals surface area contributed by atoms with E-state index in [1.807, 2.05) is 0 Å². The second-order valence-corrected chi connectivity index (χ2v) is 3.90. The molecule has 80 valence electrons. The molecule has 5 heteroatoms. The number of nitrogens with zero attached hydrogens (tertiary/aromatic N) is 2. The van der Waals surface area contributed by atoms with Crippen molar-refractivity contribution in [3.8, 4) is 0 Å². The first-order valence-corrected chi connectivity index (χ1v) is 4.95. The van der Waals surface area contributed by atoms with Crippen LogP contribution < -0.4 is 0 Å². The molecule has 0 radical (unpaired) electrons. The highest BCUT2D eigenvalue weighted by Crippen LogP contribution is 2.30. The fourth-order valence-corrected chi connectivity index (χ4v) is 2.11. The summed E-state index contributed by atoms with van der Waals surface area (Å²) in [5, 5.41) is 10.6. The maximum atomic E-state index is 10.6. The Morgan fingerprint density at radius 1 is 1.60 bits per heavy atom. The van der Waals surface area contributed by atoms with Gasteiger partial charge in [0.05, 0.1) is 4.92 Å². The van der Waals surface area contributed by atoms with Gasteiger partial charge in [0, 0.05) is 19.2 Å². The molecular formula is C10H12N2O3. The Kier molecular flexibility index (Phi) is 2.53. The van der Waals surface area contributed by atoms with Crippen molar-refractivity contribution < 1.29 is 9.72 Å². The Hall–Kier alpha value is -1.65. The Morgan fingerprint density at radius 2 is 2.40 bits per heavy atom. The van der Waals surface area contributed by atoms with Gasteiger partial charge in [-0.15, -0.1) is 0 Å². The summed E-state index contributed by atoms with van der Waals surface area (Å²) in [5.74, 6) is 0.393. The lowest BCUT2D eigenvalue weighted by Gasteiger charge is -2.32. The van der Waals surface area contributed by atoms with Crippen molar-refractivity contribution in [2.75, 3.05) is 13.1 Å². The van der Waals surface area contributed by atoms with Crippen molar-refractivity contribution in [3.63, 3.8) is 0 Å². The highest BCUT2D eigenvalue weighted by molar-refractivity contribution is 5.49. The number of hydrogen-bond acceptors (Lipinski definition) is 3. The van der Waals surface area contributed by atoms with Crippen LogP contribution in [0.15, 0.2) is 23.4 Å². The molecule has 1 heterocycles. The van der Waals surface area contributed by atoms with E-state index in [1.54, 1.807) is 17.1 Å². The van der Waals surface area contributed by atoms with Crippen molar-refractivity contribution in [3.05, 3.63) is 33.5 Å². The normalized spacial score (nSPS) is 25.1. The number of rotatable bonds is 2. The zero-order valence-electron chi connectivity index (χ0n) is 8.26. The lowest BCUT2D eigenvalue weighted by molar-refractivity contribution is -0.419. The van der Waals surface area contributed by atoms with Crippen molar-refractivity contribution in [1.29, 1.82) is 0 Å². The first-order chi connectivity index (χ1) is 7.20. The number of carbonyl (C=O) groups excluding carboxylic acids is 1. The fraction of sp³-hybridized carbons (Fsp3) is 0.500. The van der Waals surface area contributed by atoms with E-state index in [-0.39, 0.29) is 10.6 Å². The third-order valence-electron chi connectivity index (χ3n) is 2.98. The zero-order valence-corrected chi connectivity index (χ0v) is 8.26. The summed E-state index contributed by atoms with van der Waals surface area (Å²) in [7, 11) is 0. The molecule has 1 fully saturated rings. The molecular weight excluding hydrogens is 196 g/mol. The number of likely N-dealkylation sites (tertiary alicyclic amines) is 1. The van der Waals surface area contributed by atoms with Crippen molar-refractivity contribution >= 4 is 6.41 Å². The number of amides is 1. The van der Waals surface area contributed by atoms with Crippen LogP contribution in [0.5, 0.6) is 0 Å². The lowest BCUT2D eigenvalue weighted by atomic mass is 9.85. The maximum absolute atomic E-state index is 10.6. The number of allylic oxidation sites excluding steroid dienone is 2. The molecule has 0 spiro atoms. The summed E-state index contributed by atoms with van der Waals surface area (Å²) in [5.41, 5.74) is 1.18. The highest BCUT2D eigenvalue weighted by Gasteiger charge is 2.27. The summed E-state index contributed by atoms with van der Waals surface area (Å²) in [6, 6.07) is 0. The van der Waals surface area contributed by atoms with Gasteiger partial charge < -0.3 is 4.90 Å². The summed E-state index contributed by atoms with van der Waals surface area (Å²) < 4.78 is 0. The first-order valence-electron chi connectivity index (χ1n) is 4.95. The van der Waals surface area contributed by atoms with Gasteiger partial charge in [-0.05, 0) is 30.4 Å². The number of nitro groups is 1. The number of piperidine rings is 1. The van der Waals surface area contributed by atoms with E-state index < -0.39 is 0 Å². The molecule has 0 aromatic carbocycles. The number of hydrogen-bond donors (Lipinski definition) is 0. The van der Waals surface area contributed by atoms with E-state index in [9.17, 15) is 14.9 Å². The van der Waals surface area contributed by atoms with Crippen LogP contribution in [0.2, 0.25) is 0 Å². The quantitative estimate of drug-likeness (QED) is 0.385. The van der Waals surface area contributed by atoms with E-state index in [1.165, 1.54) is 0 Å². The molecule has 1 saturated heterocycles. The number of fused-ring (bicyclic) bond motifs is 1. The van der Waals surface area contributed by atoms with E-state index in [2.05, 4.69) is 0 Å². The zero-order chi connectivity index (χ0) is 10.8. The Bertz CT molecular complexity index is 360. The van der Waals surface area contributed by atoms with Gasteiger partial charge in [0.1, 0.15) is 0 Å².